The number of fused-ring (bicyclic) bond motifs is 1. The lowest BCUT2D eigenvalue weighted by Crippen LogP contribution is -2.45. The molecular weight excluding hydrogens is 435 g/mol. The summed E-state index contributed by atoms with van der Waals surface area (Å²) in [6.07, 6.45) is 5.13. The number of hydrogen-bond acceptors (Lipinski definition) is 6. The Balaban J connectivity index is 1.12. The molecule has 1 aromatic rings. The van der Waals surface area contributed by atoms with Crippen LogP contribution in [0.25, 0.3) is 11.4 Å². The number of halogens is 1. The number of nitrogens with zero attached hydrogens (tertiary/aromatic N) is 4. The summed E-state index contributed by atoms with van der Waals surface area (Å²) in [4.78, 5) is 29.3. The molecule has 1 atom stereocenters. The molecule has 9 heteroatoms. The summed E-state index contributed by atoms with van der Waals surface area (Å²) in [6.45, 7) is 6.12. The first-order chi connectivity index (χ1) is 16.6. The Bertz CT molecular complexity index is 1100. The molecular formula is C25H31FN6O2. The van der Waals surface area contributed by atoms with E-state index in [9.17, 15) is 9.18 Å². The molecule has 1 amide bonds. The SMILES string of the molecule is Cc1cnc2[nH]cnc(N3CCC(NC(=O)c4cccc(OCCN5CC[C@@H](F)C5)c4)CC3)c1-2. The van der Waals surface area contributed by atoms with Crippen molar-refractivity contribution >= 4 is 11.7 Å². The third kappa shape index (κ3) is 4.99. The summed E-state index contributed by atoms with van der Waals surface area (Å²) in [5.74, 6) is 2.38. The molecule has 8 nitrogen and oxygen atoms in total. The van der Waals surface area contributed by atoms with Gasteiger partial charge in [0.25, 0.3) is 5.91 Å². The molecule has 0 bridgehead atoms. The lowest BCUT2D eigenvalue weighted by molar-refractivity contribution is 0.0930. The molecule has 2 saturated heterocycles. The van der Waals surface area contributed by atoms with Crippen molar-refractivity contribution < 1.29 is 13.9 Å². The van der Waals surface area contributed by atoms with Crippen molar-refractivity contribution in [2.75, 3.05) is 44.2 Å². The van der Waals surface area contributed by atoms with E-state index in [2.05, 4.69) is 30.1 Å². The van der Waals surface area contributed by atoms with Gasteiger partial charge in [-0.15, -0.1) is 0 Å². The fourth-order valence-corrected chi connectivity index (χ4v) is 4.84. The van der Waals surface area contributed by atoms with Gasteiger partial charge < -0.3 is 19.9 Å². The smallest absolute Gasteiger partial charge is 0.251 e. The van der Waals surface area contributed by atoms with Gasteiger partial charge in [0.2, 0.25) is 0 Å². The molecule has 5 rings (SSSR count). The minimum atomic E-state index is -0.723. The van der Waals surface area contributed by atoms with Crippen LogP contribution in [0.4, 0.5) is 10.2 Å². The van der Waals surface area contributed by atoms with Gasteiger partial charge in [0, 0.05) is 50.5 Å². The normalized spacial score (nSPS) is 19.6. The van der Waals surface area contributed by atoms with Crippen molar-refractivity contribution in [3.8, 4) is 17.1 Å². The highest BCUT2D eigenvalue weighted by Gasteiger charge is 2.26. The van der Waals surface area contributed by atoms with Crippen molar-refractivity contribution in [3.63, 3.8) is 0 Å². The van der Waals surface area contributed by atoms with Crippen LogP contribution in [0.1, 0.15) is 35.2 Å². The Morgan fingerprint density at radius 3 is 2.88 bits per heavy atom. The summed E-state index contributed by atoms with van der Waals surface area (Å²) >= 11 is 0. The van der Waals surface area contributed by atoms with Gasteiger partial charge in [-0.2, -0.15) is 0 Å². The van der Waals surface area contributed by atoms with Gasteiger partial charge in [-0.1, -0.05) is 6.07 Å². The van der Waals surface area contributed by atoms with Crippen LogP contribution < -0.4 is 15.0 Å². The van der Waals surface area contributed by atoms with Crippen LogP contribution in [0.15, 0.2) is 36.8 Å². The average Bonchev–Trinajstić information content (AvgIpc) is 3.45. The molecule has 4 heterocycles. The second-order valence-corrected chi connectivity index (χ2v) is 9.19. The number of H-pyrrole nitrogens is 1. The van der Waals surface area contributed by atoms with Crippen molar-refractivity contribution in [2.45, 2.75) is 38.4 Å². The molecule has 1 aromatic carbocycles. The van der Waals surface area contributed by atoms with Crippen molar-refractivity contribution in [1.29, 1.82) is 0 Å². The fourth-order valence-electron chi connectivity index (χ4n) is 4.84. The first-order valence-electron chi connectivity index (χ1n) is 12.0. The van der Waals surface area contributed by atoms with E-state index in [0.717, 1.165) is 55.2 Å². The molecule has 34 heavy (non-hydrogen) atoms. The maximum absolute atomic E-state index is 13.3. The highest BCUT2D eigenvalue weighted by molar-refractivity contribution is 5.94. The molecule has 2 N–H and O–H groups in total. The zero-order valence-corrected chi connectivity index (χ0v) is 19.5. The van der Waals surface area contributed by atoms with E-state index in [1.807, 2.05) is 25.3 Å². The van der Waals surface area contributed by atoms with Crippen LogP contribution in [0.5, 0.6) is 5.75 Å². The van der Waals surface area contributed by atoms with Crippen molar-refractivity contribution in [3.05, 3.63) is 47.9 Å². The molecule has 4 aliphatic rings. The van der Waals surface area contributed by atoms with Crippen molar-refractivity contribution in [2.24, 2.45) is 0 Å². The second-order valence-electron chi connectivity index (χ2n) is 9.19. The van der Waals surface area contributed by atoms with Crippen LogP contribution in [0.2, 0.25) is 0 Å². The Kier molecular flexibility index (Phi) is 6.62. The van der Waals surface area contributed by atoms with Crippen LogP contribution >= 0.6 is 0 Å². The van der Waals surface area contributed by atoms with Crippen LogP contribution in [-0.4, -0.2) is 77.3 Å². The Hall–Kier alpha value is -3.20. The number of alkyl halides is 1. The number of aromatic nitrogens is 3. The molecule has 0 saturated carbocycles. The van der Waals surface area contributed by atoms with Crippen LogP contribution in [0.3, 0.4) is 0 Å². The number of nitrogens with one attached hydrogen (secondary N) is 2. The monoisotopic (exact) mass is 466 g/mol. The zero-order valence-electron chi connectivity index (χ0n) is 19.5. The topological polar surface area (TPSA) is 86.4 Å². The number of aromatic amines is 1. The van der Waals surface area contributed by atoms with E-state index in [-0.39, 0.29) is 11.9 Å². The number of benzene rings is 1. The Labute approximate surface area is 198 Å². The quantitative estimate of drug-likeness (QED) is 0.557. The van der Waals surface area contributed by atoms with E-state index in [1.165, 1.54) is 0 Å². The summed E-state index contributed by atoms with van der Waals surface area (Å²) in [7, 11) is 0. The van der Waals surface area contributed by atoms with Crippen LogP contribution in [0, 0.1) is 6.92 Å². The van der Waals surface area contributed by atoms with E-state index in [1.54, 1.807) is 18.5 Å². The average molecular weight is 467 g/mol. The number of carbonyl (C=O) groups is 1. The highest BCUT2D eigenvalue weighted by atomic mass is 19.1. The molecule has 4 aliphatic heterocycles. The predicted octanol–water partition coefficient (Wildman–Crippen LogP) is 3.04. The molecule has 0 aliphatic carbocycles. The van der Waals surface area contributed by atoms with E-state index >= 15 is 0 Å². The van der Waals surface area contributed by atoms with Gasteiger partial charge in [0.1, 0.15) is 30.2 Å². The van der Waals surface area contributed by atoms with Gasteiger partial charge in [-0.05, 0) is 49.9 Å². The molecule has 0 radical (unpaired) electrons. The van der Waals surface area contributed by atoms with Crippen LogP contribution in [-0.2, 0) is 0 Å². The largest absolute Gasteiger partial charge is 0.492 e. The maximum Gasteiger partial charge on any atom is 0.251 e. The van der Waals surface area contributed by atoms with Gasteiger partial charge in [0.05, 0.1) is 11.9 Å². The molecule has 0 unspecified atom stereocenters. The number of amides is 1. The third-order valence-electron chi connectivity index (χ3n) is 6.75. The molecule has 2 fully saturated rings. The summed E-state index contributed by atoms with van der Waals surface area (Å²) in [5.41, 5.74) is 2.76. The van der Waals surface area contributed by atoms with Gasteiger partial charge >= 0.3 is 0 Å². The Morgan fingerprint density at radius 1 is 1.24 bits per heavy atom. The first kappa shape index (κ1) is 22.6. The zero-order chi connectivity index (χ0) is 23.5. The summed E-state index contributed by atoms with van der Waals surface area (Å²) in [6, 6.07) is 7.38. The number of ether oxygens (including phenoxy) is 1. The molecule has 180 valence electrons. The highest BCUT2D eigenvalue weighted by Crippen LogP contribution is 2.32. The Morgan fingerprint density at radius 2 is 2.09 bits per heavy atom. The number of aryl methyl sites for hydroxylation is 1. The maximum atomic E-state index is 13.3. The molecule has 0 aromatic heterocycles. The summed E-state index contributed by atoms with van der Waals surface area (Å²) in [5, 5.41) is 3.17. The standard InChI is InChI=1S/C25H31FN6O2/c1-17-14-27-23-22(17)24(29-16-28-23)32-9-6-20(7-10-32)30-25(33)18-3-2-4-21(13-18)34-12-11-31-8-5-19(26)15-31/h2-4,13-14,16,19-20H,5-12,15H2,1H3,(H,30,33)(H,27,28,29)/t19-/m1/s1. The number of likely N-dealkylation sites (tertiary alicyclic amines) is 1. The van der Waals surface area contributed by atoms with Gasteiger partial charge in [0.15, 0.2) is 0 Å². The lowest BCUT2D eigenvalue weighted by atomic mass is 10.0. The number of carbonyl (C=O) groups excluding carboxylic acids is 1. The summed E-state index contributed by atoms with van der Waals surface area (Å²) < 4.78 is 19.1. The fraction of sp³-hybridized carbons (Fsp3) is 0.480. The third-order valence-corrected chi connectivity index (χ3v) is 6.75. The minimum Gasteiger partial charge on any atom is -0.492 e. The number of anilines is 1. The van der Waals surface area contributed by atoms with Gasteiger partial charge in [-0.25, -0.2) is 14.4 Å². The van der Waals surface area contributed by atoms with E-state index in [0.29, 0.717) is 37.4 Å². The molecule has 0 spiro atoms. The van der Waals surface area contributed by atoms with Crippen molar-refractivity contribution in [1.82, 2.24) is 25.2 Å². The lowest BCUT2D eigenvalue weighted by Gasteiger charge is -2.34. The number of rotatable bonds is 7. The van der Waals surface area contributed by atoms with Gasteiger partial charge in [-0.3, -0.25) is 9.69 Å². The minimum absolute atomic E-state index is 0.0883. The predicted molar refractivity (Wildman–Crippen MR) is 128 cm³/mol. The second kappa shape index (κ2) is 9.97. The van der Waals surface area contributed by atoms with E-state index in [4.69, 9.17) is 4.74 Å². The number of piperidine rings is 1. The number of hydrogen-bond donors (Lipinski definition) is 2. The first-order valence-corrected chi connectivity index (χ1v) is 12.0. The van der Waals surface area contributed by atoms with E-state index < -0.39 is 6.17 Å².